The van der Waals surface area contributed by atoms with Gasteiger partial charge in [0.25, 0.3) is 0 Å². The standard InChI is InChI=1S/C13H15ClO2.C13H10O3S2.2CH4/c1-4-16-13(15)10(3)12(14)11-8-6-5-7-9(11)2;1-2-16-13(15)12-9(14)11-10(18-12)7-5-3-4-6-8(7)17-11;;/h5-8H,4H2,1-3H3;3-6,14H,2H2,1H3;2*1H4/b12-10-;;;. The molecule has 8 heteroatoms. The number of ether oxygens (including phenoxy) is 2. The van der Waals surface area contributed by atoms with E-state index in [0.717, 1.165) is 30.6 Å². The molecule has 0 aliphatic heterocycles. The van der Waals surface area contributed by atoms with E-state index in [2.05, 4.69) is 0 Å². The van der Waals surface area contributed by atoms with Crippen molar-refractivity contribution in [3.05, 3.63) is 70.1 Å². The van der Waals surface area contributed by atoms with Crippen LogP contribution in [0, 0.1) is 6.92 Å². The molecule has 0 atom stereocenters. The van der Waals surface area contributed by atoms with Gasteiger partial charge >= 0.3 is 11.9 Å². The monoisotopic (exact) mass is 548 g/mol. The van der Waals surface area contributed by atoms with Crippen molar-refractivity contribution in [1.82, 2.24) is 0 Å². The van der Waals surface area contributed by atoms with Crippen LogP contribution in [0.25, 0.3) is 24.5 Å². The van der Waals surface area contributed by atoms with E-state index in [9.17, 15) is 14.7 Å². The van der Waals surface area contributed by atoms with Gasteiger partial charge in [0.05, 0.1) is 33.2 Å². The number of hydrogen-bond acceptors (Lipinski definition) is 7. The molecular formula is C28H33ClO5S2. The second-order valence-electron chi connectivity index (χ2n) is 7.23. The Labute approximate surface area is 225 Å². The zero-order valence-electron chi connectivity index (χ0n) is 19.3. The normalized spacial score (nSPS) is 10.9. The summed E-state index contributed by atoms with van der Waals surface area (Å²) in [6.45, 7) is 7.81. The van der Waals surface area contributed by atoms with Crippen LogP contribution in [0.5, 0.6) is 5.75 Å². The summed E-state index contributed by atoms with van der Waals surface area (Å²) in [4.78, 5) is 23.5. The minimum atomic E-state index is -0.451. The summed E-state index contributed by atoms with van der Waals surface area (Å²) in [5.41, 5.74) is 2.35. The molecule has 0 unspecified atom stereocenters. The van der Waals surface area contributed by atoms with E-state index in [-0.39, 0.29) is 26.6 Å². The lowest BCUT2D eigenvalue weighted by Gasteiger charge is -2.08. The molecular weight excluding hydrogens is 516 g/mol. The summed E-state index contributed by atoms with van der Waals surface area (Å²) < 4.78 is 12.7. The highest BCUT2D eigenvalue weighted by Gasteiger charge is 2.22. The first kappa shape index (κ1) is 31.2. The summed E-state index contributed by atoms with van der Waals surface area (Å²) in [6.07, 6.45) is 0. The quantitative estimate of drug-likeness (QED) is 0.199. The van der Waals surface area contributed by atoms with Crippen molar-refractivity contribution in [3.8, 4) is 5.75 Å². The van der Waals surface area contributed by atoms with Gasteiger partial charge in [0.1, 0.15) is 0 Å². The highest BCUT2D eigenvalue weighted by molar-refractivity contribution is 7.33. The van der Waals surface area contributed by atoms with Gasteiger partial charge in [-0.25, -0.2) is 9.59 Å². The predicted molar refractivity (Wildman–Crippen MR) is 155 cm³/mol. The van der Waals surface area contributed by atoms with Crippen LogP contribution in [0.1, 0.15) is 56.4 Å². The van der Waals surface area contributed by atoms with Gasteiger partial charge in [-0.05, 0) is 44.9 Å². The Bertz CT molecular complexity index is 1370. The molecule has 0 spiro atoms. The fourth-order valence-electron chi connectivity index (χ4n) is 3.22. The van der Waals surface area contributed by atoms with Crippen LogP contribution in [0.4, 0.5) is 0 Å². The lowest BCUT2D eigenvalue weighted by Crippen LogP contribution is -2.06. The maximum Gasteiger partial charge on any atom is 0.352 e. The smallest absolute Gasteiger partial charge is 0.352 e. The summed E-state index contributed by atoms with van der Waals surface area (Å²) in [6, 6.07) is 15.6. The average molecular weight is 549 g/mol. The first-order chi connectivity index (χ1) is 16.3. The summed E-state index contributed by atoms with van der Waals surface area (Å²) in [7, 11) is 0. The Morgan fingerprint density at radius 3 is 2.17 bits per heavy atom. The number of fused-ring (bicyclic) bond motifs is 3. The lowest BCUT2D eigenvalue weighted by atomic mass is 10.1. The maximum absolute atomic E-state index is 11.7. The minimum Gasteiger partial charge on any atom is -0.505 e. The molecule has 2 aromatic carbocycles. The van der Waals surface area contributed by atoms with Crippen molar-refractivity contribution >= 4 is 70.7 Å². The van der Waals surface area contributed by atoms with Crippen LogP contribution in [0.3, 0.4) is 0 Å². The third-order valence-electron chi connectivity index (χ3n) is 4.94. The second kappa shape index (κ2) is 14.0. The van der Waals surface area contributed by atoms with Gasteiger partial charge in [0.2, 0.25) is 0 Å². The topological polar surface area (TPSA) is 72.8 Å². The molecule has 0 bridgehead atoms. The van der Waals surface area contributed by atoms with Gasteiger partial charge in [0, 0.05) is 10.1 Å². The molecule has 4 aromatic rings. The summed E-state index contributed by atoms with van der Waals surface area (Å²) >= 11 is 8.96. The molecule has 1 N–H and O–H groups in total. The third-order valence-corrected chi connectivity index (χ3v) is 7.92. The Morgan fingerprint density at radius 2 is 1.53 bits per heavy atom. The van der Waals surface area contributed by atoms with Gasteiger partial charge in [-0.2, -0.15) is 0 Å². The molecule has 194 valence electrons. The lowest BCUT2D eigenvalue weighted by molar-refractivity contribution is -0.138. The van der Waals surface area contributed by atoms with E-state index in [1.807, 2.05) is 55.5 Å². The third kappa shape index (κ3) is 6.66. The molecule has 2 aromatic heterocycles. The van der Waals surface area contributed by atoms with Crippen molar-refractivity contribution in [2.45, 2.75) is 42.5 Å². The average Bonchev–Trinajstić information content (AvgIpc) is 3.36. The van der Waals surface area contributed by atoms with Crippen LogP contribution in [-0.4, -0.2) is 30.3 Å². The number of thiophene rings is 2. The van der Waals surface area contributed by atoms with E-state index in [1.54, 1.807) is 20.8 Å². The second-order valence-corrected chi connectivity index (χ2v) is 9.68. The zero-order valence-corrected chi connectivity index (χ0v) is 21.7. The Kier molecular flexibility index (Phi) is 12.1. The summed E-state index contributed by atoms with van der Waals surface area (Å²) in [5, 5.41) is 11.6. The van der Waals surface area contributed by atoms with Crippen LogP contribution >= 0.6 is 34.3 Å². The number of benzene rings is 2. The van der Waals surface area contributed by atoms with Crippen LogP contribution < -0.4 is 0 Å². The summed E-state index contributed by atoms with van der Waals surface area (Å²) in [5.74, 6) is -0.766. The minimum absolute atomic E-state index is 0. The number of esters is 2. The van der Waals surface area contributed by atoms with Crippen LogP contribution in [-0.2, 0) is 14.3 Å². The molecule has 5 nitrogen and oxygen atoms in total. The number of rotatable bonds is 5. The molecule has 0 saturated heterocycles. The Morgan fingerprint density at radius 1 is 0.917 bits per heavy atom. The van der Waals surface area contributed by atoms with Crippen LogP contribution in [0.2, 0.25) is 0 Å². The molecule has 0 aliphatic rings. The zero-order chi connectivity index (χ0) is 24.8. The predicted octanol–water partition coefficient (Wildman–Crippen LogP) is 8.80. The van der Waals surface area contributed by atoms with E-state index in [4.69, 9.17) is 21.1 Å². The van der Waals surface area contributed by atoms with Crippen molar-refractivity contribution in [2.24, 2.45) is 0 Å². The van der Waals surface area contributed by atoms with Gasteiger partial charge in [-0.3, -0.25) is 0 Å². The fourth-order valence-corrected chi connectivity index (χ4v) is 5.96. The van der Waals surface area contributed by atoms with Crippen molar-refractivity contribution in [2.75, 3.05) is 13.2 Å². The molecule has 36 heavy (non-hydrogen) atoms. The number of aromatic hydroxyl groups is 1. The van der Waals surface area contributed by atoms with Crippen molar-refractivity contribution < 1.29 is 24.2 Å². The fraction of sp³-hybridized carbons (Fsp3) is 0.286. The Balaban J connectivity index is 0.000000344. The van der Waals surface area contributed by atoms with E-state index in [0.29, 0.717) is 28.7 Å². The molecule has 0 fully saturated rings. The molecule has 0 radical (unpaired) electrons. The maximum atomic E-state index is 11.7. The first-order valence-corrected chi connectivity index (χ1v) is 12.7. The number of aryl methyl sites for hydroxylation is 1. The molecule has 0 aliphatic carbocycles. The van der Waals surface area contributed by atoms with Gasteiger partial charge in [-0.15, -0.1) is 22.7 Å². The SMILES string of the molecule is C.C.CCOC(=O)/C(C)=C(\Cl)c1ccccc1C.CCOC(=O)c1sc2c(sc3ccccc32)c1O. The van der Waals surface area contributed by atoms with Gasteiger partial charge in [0.15, 0.2) is 10.6 Å². The molecule has 0 amide bonds. The molecule has 4 rings (SSSR count). The first-order valence-electron chi connectivity index (χ1n) is 10.7. The largest absolute Gasteiger partial charge is 0.505 e. The van der Waals surface area contributed by atoms with E-state index >= 15 is 0 Å². The van der Waals surface area contributed by atoms with E-state index < -0.39 is 5.97 Å². The highest BCUT2D eigenvalue weighted by Crippen LogP contribution is 2.46. The van der Waals surface area contributed by atoms with Crippen LogP contribution in [0.15, 0.2) is 54.1 Å². The highest BCUT2D eigenvalue weighted by atomic mass is 35.5. The molecule has 2 heterocycles. The number of carbonyl (C=O) groups excluding carboxylic acids is 2. The van der Waals surface area contributed by atoms with Crippen molar-refractivity contribution in [3.63, 3.8) is 0 Å². The molecule has 0 saturated carbocycles. The van der Waals surface area contributed by atoms with Gasteiger partial charge < -0.3 is 14.6 Å². The number of halogens is 1. The Hall–Kier alpha value is -2.87. The van der Waals surface area contributed by atoms with Crippen molar-refractivity contribution in [1.29, 1.82) is 0 Å². The number of carbonyl (C=O) groups is 2. The number of hydrogen-bond donors (Lipinski definition) is 1. The van der Waals surface area contributed by atoms with Gasteiger partial charge in [-0.1, -0.05) is 68.9 Å². The van der Waals surface area contributed by atoms with E-state index in [1.165, 1.54) is 22.7 Å².